The van der Waals surface area contributed by atoms with Gasteiger partial charge in [0.1, 0.15) is 0 Å². The molecule has 1 aromatic carbocycles. The van der Waals surface area contributed by atoms with Crippen LogP contribution in [0.15, 0.2) is 48.8 Å². The van der Waals surface area contributed by atoms with Crippen LogP contribution in [0.2, 0.25) is 0 Å². The normalized spacial score (nSPS) is 22.0. The number of aromatic nitrogens is 3. The van der Waals surface area contributed by atoms with Crippen LogP contribution in [0.5, 0.6) is 0 Å². The van der Waals surface area contributed by atoms with Crippen molar-refractivity contribution in [3.63, 3.8) is 0 Å². The predicted octanol–water partition coefficient (Wildman–Crippen LogP) is 4.41. The van der Waals surface area contributed by atoms with Gasteiger partial charge in [0.2, 0.25) is 0 Å². The number of fused-ring (bicyclic) bond motifs is 1. The molecule has 0 aliphatic heterocycles. The molecule has 30 heavy (non-hydrogen) atoms. The molecule has 2 heterocycles. The second kappa shape index (κ2) is 8.56. The molecule has 1 amide bonds. The van der Waals surface area contributed by atoms with Crippen molar-refractivity contribution >= 4 is 16.9 Å². The van der Waals surface area contributed by atoms with E-state index < -0.39 is 0 Å². The molecule has 6 nitrogen and oxygen atoms in total. The van der Waals surface area contributed by atoms with Gasteiger partial charge in [-0.15, -0.1) is 0 Å². The number of carbonyl (C=O) groups is 1. The van der Waals surface area contributed by atoms with Crippen LogP contribution in [0.3, 0.4) is 0 Å². The van der Waals surface area contributed by atoms with Gasteiger partial charge in [0.25, 0.3) is 5.91 Å². The van der Waals surface area contributed by atoms with E-state index in [1.807, 2.05) is 35.1 Å². The third kappa shape index (κ3) is 3.97. The molecule has 2 aliphatic rings. The van der Waals surface area contributed by atoms with Crippen LogP contribution in [-0.4, -0.2) is 32.8 Å². The third-order valence-corrected chi connectivity index (χ3v) is 6.44. The highest BCUT2D eigenvalue weighted by molar-refractivity contribution is 5.97. The minimum Gasteiger partial charge on any atom is -0.371 e. The summed E-state index contributed by atoms with van der Waals surface area (Å²) in [7, 11) is 0. The lowest BCUT2D eigenvalue weighted by molar-refractivity contribution is 0.0272. The van der Waals surface area contributed by atoms with Crippen molar-refractivity contribution < 1.29 is 9.53 Å². The van der Waals surface area contributed by atoms with Gasteiger partial charge in [-0.3, -0.25) is 4.79 Å². The number of hydrogen-bond donors (Lipinski definition) is 1. The van der Waals surface area contributed by atoms with E-state index in [0.717, 1.165) is 48.7 Å². The van der Waals surface area contributed by atoms with E-state index in [2.05, 4.69) is 27.5 Å². The summed E-state index contributed by atoms with van der Waals surface area (Å²) in [4.78, 5) is 17.5. The topological polar surface area (TPSA) is 69.0 Å². The molecule has 0 unspecified atom stereocenters. The number of carbonyl (C=O) groups excluding carboxylic acids is 1. The molecule has 2 saturated carbocycles. The van der Waals surface area contributed by atoms with Gasteiger partial charge in [0.05, 0.1) is 36.6 Å². The van der Waals surface area contributed by atoms with Crippen LogP contribution in [0.4, 0.5) is 0 Å². The van der Waals surface area contributed by atoms with E-state index in [-0.39, 0.29) is 18.1 Å². The minimum atomic E-state index is -0.0850. The lowest BCUT2D eigenvalue weighted by Gasteiger charge is -2.21. The highest BCUT2D eigenvalue weighted by atomic mass is 16.5. The predicted molar refractivity (Wildman–Crippen MR) is 115 cm³/mol. The van der Waals surface area contributed by atoms with Gasteiger partial charge >= 0.3 is 0 Å². The third-order valence-electron chi connectivity index (χ3n) is 6.44. The maximum Gasteiger partial charge on any atom is 0.253 e. The fourth-order valence-corrected chi connectivity index (χ4v) is 4.80. The van der Waals surface area contributed by atoms with Crippen molar-refractivity contribution in [2.75, 3.05) is 0 Å². The Hall–Kier alpha value is -2.73. The number of ether oxygens (including phenoxy) is 1. The van der Waals surface area contributed by atoms with E-state index in [1.165, 1.54) is 12.8 Å². The van der Waals surface area contributed by atoms with Crippen molar-refractivity contribution in [2.45, 2.75) is 69.7 Å². The Morgan fingerprint density at radius 3 is 2.73 bits per heavy atom. The first-order valence-corrected chi connectivity index (χ1v) is 11.1. The molecule has 3 aromatic rings. The first kappa shape index (κ1) is 19.2. The standard InChI is InChI=1S/C24H28N4O2/c29-24(27-21-11-6-12-22(21)30-16-17-7-2-1-3-8-17)19-13-18-15-26-28(23(18)25-14-19)20-9-4-5-10-20/h1-3,7-8,13-15,20-22H,4-6,9-12,16H2,(H,27,29)/t21-,22+/m1/s1. The van der Waals surface area contributed by atoms with Crippen molar-refractivity contribution in [1.29, 1.82) is 0 Å². The second-order valence-corrected chi connectivity index (χ2v) is 8.51. The SMILES string of the molecule is O=C(N[C@@H]1CCC[C@@H]1OCc1ccccc1)c1cnc2c(cnn2C2CCCC2)c1. The fourth-order valence-electron chi connectivity index (χ4n) is 4.80. The molecule has 6 heteroatoms. The van der Waals surface area contributed by atoms with Gasteiger partial charge in [-0.1, -0.05) is 43.2 Å². The Morgan fingerprint density at radius 1 is 1.07 bits per heavy atom. The summed E-state index contributed by atoms with van der Waals surface area (Å²) in [5.41, 5.74) is 2.62. The Labute approximate surface area is 176 Å². The number of pyridine rings is 1. The average molecular weight is 405 g/mol. The van der Waals surface area contributed by atoms with E-state index in [1.54, 1.807) is 6.20 Å². The summed E-state index contributed by atoms with van der Waals surface area (Å²) in [5, 5.41) is 8.65. The van der Waals surface area contributed by atoms with Crippen LogP contribution in [-0.2, 0) is 11.3 Å². The molecular formula is C24H28N4O2. The van der Waals surface area contributed by atoms with E-state index in [0.29, 0.717) is 18.2 Å². The highest BCUT2D eigenvalue weighted by Crippen LogP contribution is 2.31. The molecule has 2 aromatic heterocycles. The van der Waals surface area contributed by atoms with Gasteiger partial charge in [0, 0.05) is 11.6 Å². The average Bonchev–Trinajstić information content (AvgIpc) is 3.53. The molecule has 2 aliphatic carbocycles. The number of rotatable bonds is 6. The molecule has 0 saturated heterocycles. The Morgan fingerprint density at radius 2 is 1.90 bits per heavy atom. The minimum absolute atomic E-state index is 0.0399. The number of hydrogen-bond acceptors (Lipinski definition) is 4. The van der Waals surface area contributed by atoms with E-state index in [4.69, 9.17) is 4.74 Å². The lowest BCUT2D eigenvalue weighted by Crippen LogP contribution is -2.41. The molecule has 156 valence electrons. The van der Waals surface area contributed by atoms with Crippen molar-refractivity contribution in [3.8, 4) is 0 Å². The first-order chi connectivity index (χ1) is 14.8. The quantitative estimate of drug-likeness (QED) is 0.661. The van der Waals surface area contributed by atoms with Gasteiger partial charge in [0.15, 0.2) is 5.65 Å². The summed E-state index contributed by atoms with van der Waals surface area (Å²) < 4.78 is 8.16. The van der Waals surface area contributed by atoms with Gasteiger partial charge in [-0.25, -0.2) is 9.67 Å². The number of amides is 1. The number of benzene rings is 1. The Kier molecular flexibility index (Phi) is 5.49. The molecule has 2 atom stereocenters. The van der Waals surface area contributed by atoms with E-state index >= 15 is 0 Å². The lowest BCUT2D eigenvalue weighted by atomic mass is 10.1. The summed E-state index contributed by atoms with van der Waals surface area (Å²) in [5.74, 6) is -0.0850. The number of nitrogens with zero attached hydrogens (tertiary/aromatic N) is 3. The van der Waals surface area contributed by atoms with Crippen LogP contribution in [0.25, 0.3) is 11.0 Å². The van der Waals surface area contributed by atoms with Crippen LogP contribution < -0.4 is 5.32 Å². The molecule has 0 radical (unpaired) electrons. The van der Waals surface area contributed by atoms with Crippen LogP contribution in [0.1, 0.15) is 66.9 Å². The van der Waals surface area contributed by atoms with E-state index in [9.17, 15) is 4.79 Å². The maximum absolute atomic E-state index is 12.9. The summed E-state index contributed by atoms with van der Waals surface area (Å²) in [6.07, 6.45) is 11.4. The Bertz CT molecular complexity index is 1010. The van der Waals surface area contributed by atoms with Crippen molar-refractivity contribution in [1.82, 2.24) is 20.1 Å². The summed E-state index contributed by atoms with van der Waals surface area (Å²) in [6.45, 7) is 0.575. The zero-order valence-electron chi connectivity index (χ0n) is 17.2. The monoisotopic (exact) mass is 404 g/mol. The molecule has 0 spiro atoms. The van der Waals surface area contributed by atoms with Crippen LogP contribution in [0, 0.1) is 0 Å². The van der Waals surface area contributed by atoms with Crippen molar-refractivity contribution in [2.24, 2.45) is 0 Å². The first-order valence-electron chi connectivity index (χ1n) is 11.1. The van der Waals surface area contributed by atoms with Crippen LogP contribution >= 0.6 is 0 Å². The number of nitrogens with one attached hydrogen (secondary N) is 1. The maximum atomic E-state index is 12.9. The molecular weight excluding hydrogens is 376 g/mol. The molecule has 0 bridgehead atoms. The Balaban J connectivity index is 1.24. The molecule has 1 N–H and O–H groups in total. The van der Waals surface area contributed by atoms with Gasteiger partial charge in [-0.2, -0.15) is 5.10 Å². The fraction of sp³-hybridized carbons (Fsp3) is 0.458. The zero-order chi connectivity index (χ0) is 20.3. The van der Waals surface area contributed by atoms with Gasteiger partial charge in [-0.05, 0) is 43.7 Å². The highest BCUT2D eigenvalue weighted by Gasteiger charge is 2.30. The second-order valence-electron chi connectivity index (χ2n) is 8.51. The largest absolute Gasteiger partial charge is 0.371 e. The summed E-state index contributed by atoms with van der Waals surface area (Å²) in [6, 6.07) is 12.6. The zero-order valence-corrected chi connectivity index (χ0v) is 17.2. The summed E-state index contributed by atoms with van der Waals surface area (Å²) >= 11 is 0. The molecule has 5 rings (SSSR count). The van der Waals surface area contributed by atoms with Crippen molar-refractivity contribution in [3.05, 3.63) is 59.9 Å². The molecule has 2 fully saturated rings. The van der Waals surface area contributed by atoms with Gasteiger partial charge < -0.3 is 10.1 Å². The smallest absolute Gasteiger partial charge is 0.253 e.